The maximum atomic E-state index is 12.3. The molecule has 3 rings (SSSR count). The number of carbonyl (C=O) groups excluding carboxylic acids is 2. The van der Waals surface area contributed by atoms with Crippen molar-refractivity contribution in [1.29, 1.82) is 0 Å². The third kappa shape index (κ3) is 2.57. The number of amides is 2. The number of carbonyl (C=O) groups is 2. The number of aromatic nitrogens is 1. The first-order valence-corrected chi connectivity index (χ1v) is 8.14. The Morgan fingerprint density at radius 2 is 1.64 bits per heavy atom. The topological polar surface area (TPSA) is 108 Å². The zero-order valence-electron chi connectivity index (χ0n) is 11.2. The summed E-state index contributed by atoms with van der Waals surface area (Å²) in [6, 6.07) is 9.18. The normalized spacial score (nSPS) is 14.4. The van der Waals surface area contributed by atoms with E-state index in [0.717, 1.165) is 4.90 Å². The van der Waals surface area contributed by atoms with E-state index in [1.165, 1.54) is 18.3 Å². The second kappa shape index (κ2) is 5.14. The van der Waals surface area contributed by atoms with Gasteiger partial charge in [0.15, 0.2) is 0 Å². The van der Waals surface area contributed by atoms with Crippen LogP contribution >= 0.6 is 7.60 Å². The van der Waals surface area contributed by atoms with Crippen LogP contribution in [0.2, 0.25) is 0 Å². The Morgan fingerprint density at radius 3 is 2.18 bits per heavy atom. The quantitative estimate of drug-likeness (QED) is 0.657. The van der Waals surface area contributed by atoms with Crippen molar-refractivity contribution in [2.75, 3.05) is 4.90 Å². The van der Waals surface area contributed by atoms with Crippen molar-refractivity contribution in [1.82, 2.24) is 4.98 Å². The molecule has 0 spiro atoms. The minimum absolute atomic E-state index is 0.0529. The summed E-state index contributed by atoms with van der Waals surface area (Å²) < 4.78 is 11.1. The Bertz CT molecular complexity index is 794. The fourth-order valence-electron chi connectivity index (χ4n) is 2.32. The Kier molecular flexibility index (Phi) is 3.41. The van der Waals surface area contributed by atoms with Crippen molar-refractivity contribution >= 4 is 25.2 Å². The summed E-state index contributed by atoms with van der Waals surface area (Å²) in [7, 11) is -4.24. The van der Waals surface area contributed by atoms with Crippen molar-refractivity contribution in [3.63, 3.8) is 0 Å². The third-order valence-corrected chi connectivity index (χ3v) is 4.00. The first-order chi connectivity index (χ1) is 10.4. The largest absolute Gasteiger partial charge is 0.329 e. The zero-order chi connectivity index (χ0) is 15.9. The molecule has 0 saturated heterocycles. The van der Waals surface area contributed by atoms with E-state index in [1.54, 1.807) is 24.3 Å². The van der Waals surface area contributed by atoms with Crippen LogP contribution in [0.4, 0.5) is 5.82 Å². The van der Waals surface area contributed by atoms with Gasteiger partial charge in [-0.2, -0.15) is 0 Å². The number of anilines is 1. The van der Waals surface area contributed by atoms with Crippen LogP contribution in [0.25, 0.3) is 0 Å². The molecule has 7 nitrogen and oxygen atoms in total. The van der Waals surface area contributed by atoms with Gasteiger partial charge in [-0.3, -0.25) is 14.2 Å². The highest BCUT2D eigenvalue weighted by molar-refractivity contribution is 7.50. The van der Waals surface area contributed by atoms with Crippen molar-refractivity contribution in [3.8, 4) is 0 Å². The lowest BCUT2D eigenvalue weighted by molar-refractivity contribution is 0.0925. The number of fused-ring (bicyclic) bond motifs is 1. The molecular weight excluding hydrogens is 307 g/mol. The predicted molar refractivity (Wildman–Crippen MR) is 77.6 cm³/mol. The van der Waals surface area contributed by atoms with E-state index in [1.807, 2.05) is 0 Å². The molecular formula is C14H11N2O5P. The Hall–Kier alpha value is -2.34. The highest BCUT2D eigenvalue weighted by Crippen LogP contribution is 2.39. The molecule has 0 bridgehead atoms. The van der Waals surface area contributed by atoms with Crippen LogP contribution in [0.5, 0.6) is 0 Å². The summed E-state index contributed by atoms with van der Waals surface area (Å²) in [6.07, 6.45) is 0.829. The Balaban J connectivity index is 2.00. The van der Waals surface area contributed by atoms with E-state index >= 15 is 0 Å². The molecule has 1 aromatic carbocycles. The SMILES string of the molecule is O=C1c2ccccc2C(=O)N1c1cc(CP(=O)(O)O)ccn1. The predicted octanol–water partition coefficient (Wildman–Crippen LogP) is 1.56. The lowest BCUT2D eigenvalue weighted by atomic mass is 10.1. The summed E-state index contributed by atoms with van der Waals surface area (Å²) in [5.74, 6) is -0.944. The highest BCUT2D eigenvalue weighted by atomic mass is 31.2. The monoisotopic (exact) mass is 318 g/mol. The van der Waals surface area contributed by atoms with Crippen LogP contribution in [-0.2, 0) is 10.7 Å². The summed E-state index contributed by atoms with van der Waals surface area (Å²) in [6.45, 7) is 0. The van der Waals surface area contributed by atoms with Gasteiger partial charge in [-0.25, -0.2) is 9.88 Å². The van der Waals surface area contributed by atoms with Crippen molar-refractivity contribution in [3.05, 3.63) is 59.3 Å². The van der Waals surface area contributed by atoms with Gasteiger partial charge in [-0.1, -0.05) is 12.1 Å². The number of imide groups is 1. The summed E-state index contributed by atoms with van der Waals surface area (Å²) in [5.41, 5.74) is 0.874. The van der Waals surface area contributed by atoms with Gasteiger partial charge in [0.1, 0.15) is 5.82 Å². The minimum Gasteiger partial charge on any atom is -0.324 e. The van der Waals surface area contributed by atoms with E-state index in [4.69, 9.17) is 9.79 Å². The average molecular weight is 318 g/mol. The summed E-state index contributed by atoms with van der Waals surface area (Å²) >= 11 is 0. The van der Waals surface area contributed by atoms with E-state index in [9.17, 15) is 14.2 Å². The molecule has 2 aromatic rings. The van der Waals surface area contributed by atoms with Gasteiger partial charge in [0.2, 0.25) is 0 Å². The van der Waals surface area contributed by atoms with Gasteiger partial charge in [-0.05, 0) is 29.8 Å². The van der Waals surface area contributed by atoms with E-state index < -0.39 is 25.6 Å². The standard InChI is InChI=1S/C14H11N2O5P/c17-13-10-3-1-2-4-11(10)14(18)16(13)12-7-9(5-6-15-12)8-22(19,20)21/h1-7H,8H2,(H2,19,20,21). The number of hydrogen-bond acceptors (Lipinski definition) is 4. The van der Waals surface area contributed by atoms with Crippen molar-refractivity contribution in [2.24, 2.45) is 0 Å². The third-order valence-electron chi connectivity index (χ3n) is 3.22. The van der Waals surface area contributed by atoms with Crippen LogP contribution < -0.4 is 4.90 Å². The van der Waals surface area contributed by atoms with E-state index in [-0.39, 0.29) is 16.9 Å². The average Bonchev–Trinajstić information content (AvgIpc) is 2.70. The fourth-order valence-corrected chi connectivity index (χ4v) is 2.99. The smallest absolute Gasteiger partial charge is 0.324 e. The number of hydrogen-bond donors (Lipinski definition) is 2. The lowest BCUT2D eigenvalue weighted by Crippen LogP contribution is -2.30. The zero-order valence-corrected chi connectivity index (χ0v) is 12.1. The maximum absolute atomic E-state index is 12.3. The van der Waals surface area contributed by atoms with Gasteiger partial charge in [0.25, 0.3) is 11.8 Å². The molecule has 0 aliphatic carbocycles. The van der Waals surface area contributed by atoms with E-state index in [2.05, 4.69) is 4.98 Å². The van der Waals surface area contributed by atoms with Gasteiger partial charge in [0, 0.05) is 6.20 Å². The molecule has 0 atom stereocenters. The molecule has 2 N–H and O–H groups in total. The minimum atomic E-state index is -4.24. The number of pyridine rings is 1. The molecule has 0 unspecified atom stereocenters. The Morgan fingerprint density at radius 1 is 1.05 bits per heavy atom. The molecule has 8 heteroatoms. The van der Waals surface area contributed by atoms with Gasteiger partial charge in [-0.15, -0.1) is 0 Å². The number of nitrogens with zero attached hydrogens (tertiary/aromatic N) is 2. The molecule has 1 aliphatic heterocycles. The van der Waals surface area contributed by atoms with Crippen LogP contribution in [0, 0.1) is 0 Å². The molecule has 0 fully saturated rings. The Labute approximate surface area is 125 Å². The number of benzene rings is 1. The second-order valence-electron chi connectivity index (χ2n) is 4.84. The fraction of sp³-hybridized carbons (Fsp3) is 0.0714. The molecule has 22 heavy (non-hydrogen) atoms. The van der Waals surface area contributed by atoms with Gasteiger partial charge < -0.3 is 9.79 Å². The molecule has 2 amide bonds. The van der Waals surface area contributed by atoms with Crippen molar-refractivity contribution < 1.29 is 23.9 Å². The molecule has 2 heterocycles. The first-order valence-electron chi connectivity index (χ1n) is 6.34. The van der Waals surface area contributed by atoms with Gasteiger partial charge in [0.05, 0.1) is 17.3 Å². The van der Waals surface area contributed by atoms with Crippen LogP contribution in [0.15, 0.2) is 42.6 Å². The molecule has 0 radical (unpaired) electrons. The summed E-state index contributed by atoms with van der Waals surface area (Å²) in [5, 5.41) is 0. The van der Waals surface area contributed by atoms with E-state index in [0.29, 0.717) is 5.56 Å². The molecule has 112 valence electrons. The van der Waals surface area contributed by atoms with Crippen LogP contribution in [0.3, 0.4) is 0 Å². The van der Waals surface area contributed by atoms with Crippen molar-refractivity contribution in [2.45, 2.75) is 6.16 Å². The van der Waals surface area contributed by atoms with Crippen LogP contribution in [-0.4, -0.2) is 26.6 Å². The van der Waals surface area contributed by atoms with Crippen LogP contribution in [0.1, 0.15) is 26.3 Å². The summed E-state index contributed by atoms with van der Waals surface area (Å²) in [4.78, 5) is 47.5. The number of rotatable bonds is 3. The van der Waals surface area contributed by atoms with Gasteiger partial charge >= 0.3 is 7.60 Å². The molecule has 1 aliphatic rings. The lowest BCUT2D eigenvalue weighted by Gasteiger charge is -2.13. The molecule has 0 saturated carbocycles. The molecule has 1 aromatic heterocycles. The highest BCUT2D eigenvalue weighted by Gasteiger charge is 2.37. The maximum Gasteiger partial charge on any atom is 0.329 e. The second-order valence-corrected chi connectivity index (χ2v) is 6.48. The first kappa shape index (κ1) is 14.6.